The first-order valence-electron chi connectivity index (χ1n) is 7.42. The summed E-state index contributed by atoms with van der Waals surface area (Å²) in [5.74, 6) is 0.446. The minimum atomic E-state index is -0.168. The van der Waals surface area contributed by atoms with Crippen molar-refractivity contribution in [1.82, 2.24) is 4.90 Å². The monoisotopic (exact) mass is 293 g/mol. The number of hydrogen-bond acceptors (Lipinski definition) is 5. The van der Waals surface area contributed by atoms with Crippen molar-refractivity contribution in [1.29, 1.82) is 0 Å². The Hall–Kier alpha value is -1.75. The predicted octanol–water partition coefficient (Wildman–Crippen LogP) is 2.32. The molecule has 1 aliphatic heterocycles. The number of likely N-dealkylation sites (tertiary alicyclic amines) is 1. The Morgan fingerprint density at radius 3 is 2.95 bits per heavy atom. The third kappa shape index (κ3) is 3.88. The van der Waals surface area contributed by atoms with Gasteiger partial charge in [0.05, 0.1) is 13.7 Å². The Morgan fingerprint density at radius 1 is 1.43 bits per heavy atom. The number of esters is 1. The van der Waals surface area contributed by atoms with Crippen LogP contribution in [0.4, 0.5) is 0 Å². The van der Waals surface area contributed by atoms with E-state index in [2.05, 4.69) is 4.90 Å². The number of aromatic hydroxyl groups is 1. The summed E-state index contributed by atoms with van der Waals surface area (Å²) >= 11 is 0. The Morgan fingerprint density at radius 2 is 2.24 bits per heavy atom. The largest absolute Gasteiger partial charge is 0.504 e. The molecule has 0 saturated carbocycles. The van der Waals surface area contributed by atoms with Crippen LogP contribution in [0.2, 0.25) is 0 Å². The zero-order valence-electron chi connectivity index (χ0n) is 12.7. The average Bonchev–Trinajstić information content (AvgIpc) is 2.50. The third-order valence-electron chi connectivity index (χ3n) is 3.80. The molecule has 1 N–H and O–H groups in total. The molecule has 1 aliphatic rings. The van der Waals surface area contributed by atoms with Gasteiger partial charge in [0.2, 0.25) is 0 Å². The van der Waals surface area contributed by atoms with Crippen LogP contribution in [-0.2, 0) is 16.1 Å². The van der Waals surface area contributed by atoms with Gasteiger partial charge in [-0.25, -0.2) is 0 Å². The average molecular weight is 293 g/mol. The molecule has 0 amide bonds. The molecule has 0 aliphatic carbocycles. The number of phenolic OH excluding ortho intramolecular Hbond substituents is 1. The molecular weight excluding hydrogens is 270 g/mol. The van der Waals surface area contributed by atoms with Crippen molar-refractivity contribution in [2.75, 3.05) is 20.3 Å². The van der Waals surface area contributed by atoms with E-state index in [4.69, 9.17) is 9.47 Å². The van der Waals surface area contributed by atoms with Gasteiger partial charge in [-0.3, -0.25) is 9.69 Å². The predicted molar refractivity (Wildman–Crippen MR) is 79.3 cm³/mol. The summed E-state index contributed by atoms with van der Waals surface area (Å²) in [5, 5.41) is 9.64. The van der Waals surface area contributed by atoms with Crippen molar-refractivity contribution in [2.45, 2.75) is 38.8 Å². The molecule has 1 heterocycles. The summed E-state index contributed by atoms with van der Waals surface area (Å²) in [7, 11) is 1.53. The summed E-state index contributed by atoms with van der Waals surface area (Å²) < 4.78 is 10.3. The van der Waals surface area contributed by atoms with Gasteiger partial charge in [-0.1, -0.05) is 12.5 Å². The molecule has 0 aromatic heterocycles. The maximum absolute atomic E-state index is 12.0. The van der Waals surface area contributed by atoms with E-state index < -0.39 is 0 Å². The summed E-state index contributed by atoms with van der Waals surface area (Å²) in [6.45, 7) is 3.78. The first kappa shape index (κ1) is 15.6. The molecule has 0 unspecified atom stereocenters. The molecule has 5 nitrogen and oxygen atoms in total. The third-order valence-corrected chi connectivity index (χ3v) is 3.80. The second kappa shape index (κ2) is 7.31. The first-order chi connectivity index (χ1) is 10.2. The van der Waals surface area contributed by atoms with Crippen LogP contribution in [-0.4, -0.2) is 42.3 Å². The number of benzene rings is 1. The lowest BCUT2D eigenvalue weighted by molar-refractivity contribution is -0.151. The Labute approximate surface area is 125 Å². The fraction of sp³-hybridized carbons (Fsp3) is 0.562. The lowest BCUT2D eigenvalue weighted by Crippen LogP contribution is -2.44. The molecule has 0 spiro atoms. The number of carbonyl (C=O) groups excluding carboxylic acids is 1. The van der Waals surface area contributed by atoms with Crippen molar-refractivity contribution >= 4 is 5.97 Å². The second-order valence-electron chi connectivity index (χ2n) is 5.24. The summed E-state index contributed by atoms with van der Waals surface area (Å²) in [6, 6.07) is 5.12. The minimum absolute atomic E-state index is 0.127. The number of phenols is 1. The van der Waals surface area contributed by atoms with Gasteiger partial charge < -0.3 is 14.6 Å². The van der Waals surface area contributed by atoms with E-state index in [1.807, 2.05) is 19.1 Å². The van der Waals surface area contributed by atoms with Gasteiger partial charge in [0.15, 0.2) is 11.5 Å². The fourth-order valence-corrected chi connectivity index (χ4v) is 2.74. The van der Waals surface area contributed by atoms with Crippen LogP contribution in [0.25, 0.3) is 0 Å². The molecule has 5 heteroatoms. The molecule has 1 atom stereocenters. The molecule has 21 heavy (non-hydrogen) atoms. The van der Waals surface area contributed by atoms with Crippen LogP contribution in [0.15, 0.2) is 18.2 Å². The van der Waals surface area contributed by atoms with E-state index in [0.29, 0.717) is 18.9 Å². The molecule has 1 saturated heterocycles. The molecule has 1 aromatic carbocycles. The number of methoxy groups -OCH3 is 1. The van der Waals surface area contributed by atoms with Crippen molar-refractivity contribution < 1.29 is 19.4 Å². The zero-order valence-corrected chi connectivity index (χ0v) is 12.7. The van der Waals surface area contributed by atoms with Crippen LogP contribution < -0.4 is 4.74 Å². The summed E-state index contributed by atoms with van der Waals surface area (Å²) in [5.41, 5.74) is 1.01. The first-order valence-corrected chi connectivity index (χ1v) is 7.42. The number of rotatable bonds is 5. The molecule has 2 rings (SSSR count). The van der Waals surface area contributed by atoms with Gasteiger partial charge in [0.25, 0.3) is 0 Å². The second-order valence-corrected chi connectivity index (χ2v) is 5.24. The zero-order chi connectivity index (χ0) is 15.2. The number of carbonyl (C=O) groups is 1. The van der Waals surface area contributed by atoms with Crippen molar-refractivity contribution in [3.05, 3.63) is 23.8 Å². The molecule has 0 bridgehead atoms. The van der Waals surface area contributed by atoms with E-state index in [1.54, 1.807) is 6.07 Å². The molecule has 1 fully saturated rings. The van der Waals surface area contributed by atoms with E-state index in [1.165, 1.54) is 7.11 Å². The SMILES string of the molecule is CCOC(=O)[C@@H]1CCCCN1Cc1ccc(O)c(OC)c1. The number of ether oxygens (including phenoxy) is 2. The van der Waals surface area contributed by atoms with E-state index >= 15 is 0 Å². The number of piperidine rings is 1. The van der Waals surface area contributed by atoms with Crippen molar-refractivity contribution in [3.63, 3.8) is 0 Å². The quantitative estimate of drug-likeness (QED) is 0.844. The highest BCUT2D eigenvalue weighted by atomic mass is 16.5. The minimum Gasteiger partial charge on any atom is -0.504 e. The highest BCUT2D eigenvalue weighted by molar-refractivity contribution is 5.75. The molecule has 0 radical (unpaired) electrons. The molecule has 116 valence electrons. The lowest BCUT2D eigenvalue weighted by Gasteiger charge is -2.34. The normalized spacial score (nSPS) is 19.2. The Bertz CT molecular complexity index is 489. The maximum atomic E-state index is 12.0. The lowest BCUT2D eigenvalue weighted by atomic mass is 10.0. The van der Waals surface area contributed by atoms with E-state index in [0.717, 1.165) is 31.4 Å². The molecule has 1 aromatic rings. The van der Waals surface area contributed by atoms with Crippen molar-refractivity contribution in [2.24, 2.45) is 0 Å². The highest BCUT2D eigenvalue weighted by Crippen LogP contribution is 2.28. The molecular formula is C16H23NO4. The number of hydrogen-bond donors (Lipinski definition) is 1. The summed E-state index contributed by atoms with van der Waals surface area (Å²) in [6.07, 6.45) is 2.98. The van der Waals surface area contributed by atoms with E-state index in [9.17, 15) is 9.90 Å². The van der Waals surface area contributed by atoms with Crippen LogP contribution in [0.3, 0.4) is 0 Å². The fourth-order valence-electron chi connectivity index (χ4n) is 2.74. The topological polar surface area (TPSA) is 59.0 Å². The maximum Gasteiger partial charge on any atom is 0.323 e. The van der Waals surface area contributed by atoms with Gasteiger partial charge in [0.1, 0.15) is 6.04 Å². The van der Waals surface area contributed by atoms with Gasteiger partial charge >= 0.3 is 5.97 Å². The van der Waals surface area contributed by atoms with Gasteiger partial charge in [-0.05, 0) is 44.0 Å². The van der Waals surface area contributed by atoms with Gasteiger partial charge in [-0.15, -0.1) is 0 Å². The Kier molecular flexibility index (Phi) is 5.44. The van der Waals surface area contributed by atoms with E-state index in [-0.39, 0.29) is 17.8 Å². The highest BCUT2D eigenvalue weighted by Gasteiger charge is 2.29. The smallest absolute Gasteiger partial charge is 0.323 e. The van der Waals surface area contributed by atoms with Gasteiger partial charge in [-0.2, -0.15) is 0 Å². The van der Waals surface area contributed by atoms with Crippen LogP contribution in [0.5, 0.6) is 11.5 Å². The van der Waals surface area contributed by atoms with Gasteiger partial charge in [0, 0.05) is 6.54 Å². The van der Waals surface area contributed by atoms with Crippen LogP contribution in [0, 0.1) is 0 Å². The van der Waals surface area contributed by atoms with Crippen LogP contribution >= 0.6 is 0 Å². The standard InChI is InChI=1S/C16H23NO4/c1-3-21-16(19)13-6-4-5-9-17(13)11-12-7-8-14(18)15(10-12)20-2/h7-8,10,13,18H,3-6,9,11H2,1-2H3/t13-/m0/s1. The van der Waals surface area contributed by atoms with Crippen molar-refractivity contribution in [3.8, 4) is 11.5 Å². The number of nitrogens with zero attached hydrogens (tertiary/aromatic N) is 1. The Balaban J connectivity index is 2.10. The summed E-state index contributed by atoms with van der Waals surface area (Å²) in [4.78, 5) is 14.2. The van der Waals surface area contributed by atoms with Crippen LogP contribution in [0.1, 0.15) is 31.7 Å².